The summed E-state index contributed by atoms with van der Waals surface area (Å²) in [6.45, 7) is 0.00894. The minimum atomic E-state index is -0.725. The number of benzene rings is 2. The maximum Gasteiger partial charge on any atom is 0.129 e. The molecule has 0 saturated carbocycles. The minimum Gasteiger partial charge on any atom is -0.489 e. The maximum absolute atomic E-state index is 12.9. The highest BCUT2D eigenvalue weighted by atomic mass is 19.1. The average Bonchev–Trinajstić information content (AvgIpc) is 2.26. The van der Waals surface area contributed by atoms with E-state index in [-0.39, 0.29) is 18.0 Å². The average molecular weight is 253 g/mol. The van der Waals surface area contributed by atoms with E-state index in [9.17, 15) is 13.2 Å². The van der Waals surface area contributed by atoms with Crippen LogP contribution in [0.25, 0.3) is 0 Å². The summed E-state index contributed by atoms with van der Waals surface area (Å²) in [5, 5.41) is 0. The van der Waals surface area contributed by atoms with E-state index in [4.69, 9.17) is 10.5 Å². The van der Waals surface area contributed by atoms with Gasteiger partial charge < -0.3 is 10.5 Å². The standard InChI is InChI=1S/C13H10F3NO/c14-9-2-1-8(13(17)6-9)7-18-12-4-10(15)3-11(16)5-12/h1-6H,7,17H2. The van der Waals surface area contributed by atoms with Gasteiger partial charge in [0, 0.05) is 29.4 Å². The molecule has 5 heteroatoms. The van der Waals surface area contributed by atoms with Gasteiger partial charge in [-0.2, -0.15) is 0 Å². The van der Waals surface area contributed by atoms with Crippen LogP contribution in [-0.4, -0.2) is 0 Å². The number of ether oxygens (including phenoxy) is 1. The highest BCUT2D eigenvalue weighted by molar-refractivity contribution is 5.46. The van der Waals surface area contributed by atoms with Crippen molar-refractivity contribution in [3.05, 3.63) is 59.4 Å². The molecule has 2 nitrogen and oxygen atoms in total. The second kappa shape index (κ2) is 5.00. The summed E-state index contributed by atoms with van der Waals surface area (Å²) in [6, 6.07) is 6.72. The highest BCUT2D eigenvalue weighted by Gasteiger charge is 2.04. The quantitative estimate of drug-likeness (QED) is 0.852. The molecule has 0 saturated heterocycles. The number of rotatable bonds is 3. The van der Waals surface area contributed by atoms with Crippen molar-refractivity contribution in [3.63, 3.8) is 0 Å². The lowest BCUT2D eigenvalue weighted by Gasteiger charge is -2.08. The second-order valence-corrected chi connectivity index (χ2v) is 3.74. The Hall–Kier alpha value is -2.17. The van der Waals surface area contributed by atoms with Gasteiger partial charge in [-0.15, -0.1) is 0 Å². The number of nitrogens with two attached hydrogens (primary N) is 1. The third-order valence-corrected chi connectivity index (χ3v) is 2.34. The highest BCUT2D eigenvalue weighted by Crippen LogP contribution is 2.19. The fraction of sp³-hybridized carbons (Fsp3) is 0.0769. The van der Waals surface area contributed by atoms with Crippen LogP contribution < -0.4 is 10.5 Å². The summed E-state index contributed by atoms with van der Waals surface area (Å²) in [6.07, 6.45) is 0. The van der Waals surface area contributed by atoms with Crippen LogP contribution in [0.3, 0.4) is 0 Å². The first-order valence-corrected chi connectivity index (χ1v) is 5.17. The first kappa shape index (κ1) is 12.3. The number of halogens is 3. The fourth-order valence-corrected chi connectivity index (χ4v) is 1.47. The van der Waals surface area contributed by atoms with E-state index >= 15 is 0 Å². The molecule has 0 atom stereocenters. The Morgan fingerprint density at radius 3 is 2.17 bits per heavy atom. The molecule has 2 aromatic carbocycles. The van der Waals surface area contributed by atoms with Crippen LogP contribution in [0.5, 0.6) is 5.75 Å². The molecule has 0 heterocycles. The molecule has 0 bridgehead atoms. The van der Waals surface area contributed by atoms with Gasteiger partial charge in [-0.05, 0) is 12.1 Å². The van der Waals surface area contributed by atoms with Crippen molar-refractivity contribution in [3.8, 4) is 5.75 Å². The van der Waals surface area contributed by atoms with Crippen molar-refractivity contribution in [2.45, 2.75) is 6.61 Å². The molecule has 2 rings (SSSR count). The zero-order valence-corrected chi connectivity index (χ0v) is 9.29. The lowest BCUT2D eigenvalue weighted by Crippen LogP contribution is -2.01. The lowest BCUT2D eigenvalue weighted by atomic mass is 10.2. The number of nitrogen functional groups attached to an aromatic ring is 1. The maximum atomic E-state index is 12.9. The van der Waals surface area contributed by atoms with Crippen molar-refractivity contribution in [2.75, 3.05) is 5.73 Å². The molecule has 0 unspecified atom stereocenters. The van der Waals surface area contributed by atoms with Crippen molar-refractivity contribution < 1.29 is 17.9 Å². The van der Waals surface area contributed by atoms with Crippen LogP contribution in [0.1, 0.15) is 5.56 Å². The number of anilines is 1. The minimum absolute atomic E-state index is 0.00894. The molecule has 0 fully saturated rings. The largest absolute Gasteiger partial charge is 0.489 e. The molecular formula is C13H10F3NO. The normalized spacial score (nSPS) is 10.4. The van der Waals surface area contributed by atoms with Gasteiger partial charge in [0.2, 0.25) is 0 Å². The Morgan fingerprint density at radius 2 is 1.56 bits per heavy atom. The number of hydrogen-bond donors (Lipinski definition) is 1. The summed E-state index contributed by atoms with van der Waals surface area (Å²) < 4.78 is 43.8. The third-order valence-electron chi connectivity index (χ3n) is 2.34. The van der Waals surface area contributed by atoms with Crippen LogP contribution in [0.2, 0.25) is 0 Å². The predicted octanol–water partition coefficient (Wildman–Crippen LogP) is 3.27. The van der Waals surface area contributed by atoms with E-state index in [1.54, 1.807) is 0 Å². The Balaban J connectivity index is 2.11. The van der Waals surface area contributed by atoms with Gasteiger partial charge in [0.05, 0.1) is 0 Å². The van der Waals surface area contributed by atoms with Crippen LogP contribution in [0.15, 0.2) is 36.4 Å². The Morgan fingerprint density at radius 1 is 0.889 bits per heavy atom. The fourth-order valence-electron chi connectivity index (χ4n) is 1.47. The zero-order valence-electron chi connectivity index (χ0n) is 9.29. The Kier molecular flexibility index (Phi) is 3.41. The van der Waals surface area contributed by atoms with Crippen molar-refractivity contribution in [1.29, 1.82) is 0 Å². The van der Waals surface area contributed by atoms with E-state index in [0.717, 1.165) is 24.3 Å². The summed E-state index contributed by atoms with van der Waals surface area (Å²) in [5.41, 5.74) is 6.35. The van der Waals surface area contributed by atoms with Gasteiger partial charge in [0.25, 0.3) is 0 Å². The molecule has 0 aliphatic carbocycles. The predicted molar refractivity (Wildman–Crippen MR) is 61.5 cm³/mol. The first-order chi connectivity index (χ1) is 8.54. The lowest BCUT2D eigenvalue weighted by molar-refractivity contribution is 0.303. The van der Waals surface area contributed by atoms with Crippen molar-refractivity contribution >= 4 is 5.69 Å². The smallest absolute Gasteiger partial charge is 0.129 e. The molecule has 0 amide bonds. The van der Waals surface area contributed by atoms with E-state index < -0.39 is 17.5 Å². The van der Waals surface area contributed by atoms with Gasteiger partial charge >= 0.3 is 0 Å². The van der Waals surface area contributed by atoms with Crippen LogP contribution in [-0.2, 0) is 6.61 Å². The van der Waals surface area contributed by atoms with Gasteiger partial charge in [0.15, 0.2) is 0 Å². The molecule has 0 radical (unpaired) electrons. The van der Waals surface area contributed by atoms with Crippen molar-refractivity contribution in [2.24, 2.45) is 0 Å². The third kappa shape index (κ3) is 2.94. The second-order valence-electron chi connectivity index (χ2n) is 3.74. The molecule has 94 valence electrons. The van der Waals surface area contributed by atoms with Gasteiger partial charge in [-0.1, -0.05) is 6.07 Å². The Bertz CT molecular complexity index is 552. The first-order valence-electron chi connectivity index (χ1n) is 5.17. The monoisotopic (exact) mass is 253 g/mol. The molecule has 0 spiro atoms. The molecule has 18 heavy (non-hydrogen) atoms. The summed E-state index contributed by atoms with van der Waals surface area (Å²) in [5.74, 6) is -1.85. The topological polar surface area (TPSA) is 35.2 Å². The van der Waals surface area contributed by atoms with E-state index in [1.165, 1.54) is 12.1 Å². The molecule has 2 aromatic rings. The van der Waals surface area contributed by atoms with Gasteiger partial charge in [0.1, 0.15) is 29.8 Å². The van der Waals surface area contributed by atoms with Crippen LogP contribution in [0, 0.1) is 17.5 Å². The molecule has 0 aliphatic rings. The van der Waals surface area contributed by atoms with E-state index in [2.05, 4.69) is 0 Å². The van der Waals surface area contributed by atoms with E-state index in [0.29, 0.717) is 5.56 Å². The van der Waals surface area contributed by atoms with E-state index in [1.807, 2.05) is 0 Å². The van der Waals surface area contributed by atoms with Gasteiger partial charge in [-0.3, -0.25) is 0 Å². The van der Waals surface area contributed by atoms with Gasteiger partial charge in [-0.25, -0.2) is 13.2 Å². The molecular weight excluding hydrogens is 243 g/mol. The van der Waals surface area contributed by atoms with Crippen LogP contribution >= 0.6 is 0 Å². The molecule has 0 aliphatic heterocycles. The SMILES string of the molecule is Nc1cc(F)ccc1COc1cc(F)cc(F)c1. The van der Waals surface area contributed by atoms with Crippen LogP contribution in [0.4, 0.5) is 18.9 Å². The molecule has 0 aromatic heterocycles. The zero-order chi connectivity index (χ0) is 13.1. The number of hydrogen-bond acceptors (Lipinski definition) is 2. The summed E-state index contributed by atoms with van der Waals surface area (Å²) in [7, 11) is 0. The summed E-state index contributed by atoms with van der Waals surface area (Å²) >= 11 is 0. The Labute approximate surface area is 102 Å². The van der Waals surface area contributed by atoms with Crippen molar-refractivity contribution in [1.82, 2.24) is 0 Å². The summed E-state index contributed by atoms with van der Waals surface area (Å²) in [4.78, 5) is 0. The molecule has 2 N–H and O–H groups in total.